The first-order chi connectivity index (χ1) is 18.5. The van der Waals surface area contributed by atoms with Gasteiger partial charge in [0.05, 0.1) is 18.6 Å². The molecule has 0 spiro atoms. The van der Waals surface area contributed by atoms with E-state index in [4.69, 9.17) is 9.15 Å². The standard InChI is InChI=1S/C30H30N2O5S/c1-20-5-3-4-6-24(20)26-17-21(7-9-25(26)29(33)32-27(30(34)35)13-16-38-2)18-36-19-23-8-10-28(37-23)22-11-14-31-15-12-22/h3-12,14-15,17,27H,13,16,18-19H2,1-2H3,(H,32,33)(H,34,35)/p-1/t27-/m0/s1. The predicted octanol–water partition coefficient (Wildman–Crippen LogP) is 4.64. The number of aliphatic carboxylic acids is 1. The SMILES string of the molecule is CSCC[C@H](NC(=O)c1ccc(COCc2ccc(-c3ccncc3)o2)cc1-c1ccccc1C)C(=O)[O-]. The summed E-state index contributed by atoms with van der Waals surface area (Å²) in [5.41, 5.74) is 4.81. The lowest BCUT2D eigenvalue weighted by atomic mass is 9.93. The molecule has 0 aliphatic heterocycles. The number of benzene rings is 2. The summed E-state index contributed by atoms with van der Waals surface area (Å²) in [5.74, 6) is 0.297. The Bertz CT molecular complexity index is 1390. The fraction of sp³-hybridized carbons (Fsp3) is 0.233. The summed E-state index contributed by atoms with van der Waals surface area (Å²) in [4.78, 5) is 28.8. The van der Waals surface area contributed by atoms with Gasteiger partial charge < -0.3 is 24.4 Å². The molecule has 8 heteroatoms. The van der Waals surface area contributed by atoms with Gasteiger partial charge in [0.1, 0.15) is 18.1 Å². The van der Waals surface area contributed by atoms with Crippen molar-refractivity contribution < 1.29 is 23.8 Å². The van der Waals surface area contributed by atoms with Gasteiger partial charge in [-0.05, 0) is 84.0 Å². The molecule has 0 aliphatic rings. The second kappa shape index (κ2) is 13.1. The molecule has 2 heterocycles. The zero-order valence-corrected chi connectivity index (χ0v) is 22.1. The van der Waals surface area contributed by atoms with E-state index in [0.717, 1.165) is 28.0 Å². The lowest BCUT2D eigenvalue weighted by Crippen LogP contribution is -2.48. The van der Waals surface area contributed by atoms with Gasteiger partial charge >= 0.3 is 0 Å². The number of ether oxygens (including phenoxy) is 1. The number of carboxylic acids is 1. The van der Waals surface area contributed by atoms with Crippen molar-refractivity contribution in [3.8, 4) is 22.5 Å². The maximum Gasteiger partial charge on any atom is 0.252 e. The molecule has 1 amide bonds. The Morgan fingerprint density at radius 2 is 1.82 bits per heavy atom. The van der Waals surface area contributed by atoms with Crippen molar-refractivity contribution in [3.05, 3.63) is 102 Å². The third kappa shape index (κ3) is 6.90. The largest absolute Gasteiger partial charge is 0.548 e. The van der Waals surface area contributed by atoms with E-state index in [1.165, 1.54) is 11.8 Å². The molecule has 38 heavy (non-hydrogen) atoms. The number of thioether (sulfide) groups is 1. The molecule has 0 radical (unpaired) electrons. The molecule has 0 fully saturated rings. The highest BCUT2D eigenvalue weighted by Crippen LogP contribution is 2.29. The molecule has 2 aromatic carbocycles. The highest BCUT2D eigenvalue weighted by atomic mass is 32.2. The van der Waals surface area contributed by atoms with E-state index in [9.17, 15) is 14.7 Å². The first-order valence-electron chi connectivity index (χ1n) is 12.2. The number of aryl methyl sites for hydroxylation is 1. The highest BCUT2D eigenvalue weighted by Gasteiger charge is 2.19. The van der Waals surface area contributed by atoms with Crippen LogP contribution in [0.15, 0.2) is 83.5 Å². The number of hydrogen-bond donors (Lipinski definition) is 1. The van der Waals surface area contributed by atoms with Crippen molar-refractivity contribution in [1.82, 2.24) is 10.3 Å². The van der Waals surface area contributed by atoms with E-state index < -0.39 is 17.9 Å². The quantitative estimate of drug-likeness (QED) is 0.285. The van der Waals surface area contributed by atoms with Crippen molar-refractivity contribution in [3.63, 3.8) is 0 Å². The summed E-state index contributed by atoms with van der Waals surface area (Å²) in [7, 11) is 0. The number of pyridine rings is 1. The zero-order valence-electron chi connectivity index (χ0n) is 21.3. The summed E-state index contributed by atoms with van der Waals surface area (Å²) < 4.78 is 11.8. The second-order valence-corrected chi connectivity index (χ2v) is 9.80. The molecule has 0 saturated heterocycles. The topological polar surface area (TPSA) is 104 Å². The Balaban J connectivity index is 1.51. The molecule has 196 valence electrons. The van der Waals surface area contributed by atoms with Crippen molar-refractivity contribution >= 4 is 23.6 Å². The number of nitrogens with one attached hydrogen (secondary N) is 1. The van der Waals surface area contributed by atoms with E-state index in [1.807, 2.05) is 73.8 Å². The number of nitrogens with zero attached hydrogens (tertiary/aromatic N) is 1. The van der Waals surface area contributed by atoms with Gasteiger partial charge in [0.25, 0.3) is 5.91 Å². The number of furan rings is 1. The smallest absolute Gasteiger partial charge is 0.252 e. The number of rotatable bonds is 12. The average Bonchev–Trinajstić information content (AvgIpc) is 3.40. The molecule has 2 aromatic heterocycles. The number of hydrogen-bond acceptors (Lipinski definition) is 7. The van der Waals surface area contributed by atoms with Gasteiger partial charge in [-0.3, -0.25) is 9.78 Å². The molecule has 0 aliphatic carbocycles. The van der Waals surface area contributed by atoms with Crippen LogP contribution in [0.2, 0.25) is 0 Å². The molecule has 4 aromatic rings. The molecule has 1 atom stereocenters. The Hall–Kier alpha value is -3.88. The van der Waals surface area contributed by atoms with Crippen LogP contribution in [0.3, 0.4) is 0 Å². The third-order valence-corrected chi connectivity index (χ3v) is 6.75. The minimum atomic E-state index is -1.29. The highest BCUT2D eigenvalue weighted by molar-refractivity contribution is 7.98. The Morgan fingerprint density at radius 3 is 2.55 bits per heavy atom. The Kier molecular flexibility index (Phi) is 9.35. The fourth-order valence-corrected chi connectivity index (χ4v) is 4.57. The molecule has 7 nitrogen and oxygen atoms in total. The summed E-state index contributed by atoms with van der Waals surface area (Å²) in [6.07, 6.45) is 5.60. The van der Waals surface area contributed by atoms with Crippen molar-refractivity contribution in [1.29, 1.82) is 0 Å². The molecule has 1 N–H and O–H groups in total. The predicted molar refractivity (Wildman–Crippen MR) is 146 cm³/mol. The number of carboxylic acid groups (broad SMARTS) is 1. The van der Waals surface area contributed by atoms with E-state index in [2.05, 4.69) is 10.3 Å². The van der Waals surface area contributed by atoms with Gasteiger partial charge in [-0.2, -0.15) is 11.8 Å². The van der Waals surface area contributed by atoms with Crippen LogP contribution >= 0.6 is 11.8 Å². The van der Waals surface area contributed by atoms with Gasteiger partial charge in [-0.15, -0.1) is 0 Å². The number of carbonyl (C=O) groups excluding carboxylic acids is 2. The summed E-state index contributed by atoms with van der Waals surface area (Å²) in [6, 6.07) is 19.7. The van der Waals surface area contributed by atoms with Crippen LogP contribution in [0.4, 0.5) is 0 Å². The zero-order chi connectivity index (χ0) is 26.9. The average molecular weight is 530 g/mol. The normalized spacial score (nSPS) is 11.7. The molecular weight excluding hydrogens is 500 g/mol. The van der Waals surface area contributed by atoms with Crippen LogP contribution in [-0.2, 0) is 22.7 Å². The van der Waals surface area contributed by atoms with E-state index in [1.54, 1.807) is 18.5 Å². The van der Waals surface area contributed by atoms with Crippen LogP contribution in [0, 0.1) is 6.92 Å². The molecule has 4 rings (SSSR count). The van der Waals surface area contributed by atoms with Gasteiger partial charge in [0.15, 0.2) is 0 Å². The Labute approximate surface area is 226 Å². The molecule has 0 bridgehead atoms. The minimum absolute atomic E-state index is 0.287. The summed E-state index contributed by atoms with van der Waals surface area (Å²) in [6.45, 7) is 2.57. The first-order valence-corrected chi connectivity index (χ1v) is 13.6. The van der Waals surface area contributed by atoms with Crippen LogP contribution in [0.1, 0.15) is 33.7 Å². The van der Waals surface area contributed by atoms with Crippen LogP contribution < -0.4 is 10.4 Å². The van der Waals surface area contributed by atoms with Gasteiger partial charge in [0, 0.05) is 23.5 Å². The van der Waals surface area contributed by atoms with Crippen molar-refractivity contribution in [2.24, 2.45) is 0 Å². The lowest BCUT2D eigenvalue weighted by Gasteiger charge is -2.21. The van der Waals surface area contributed by atoms with Crippen molar-refractivity contribution in [2.75, 3.05) is 12.0 Å². The number of aromatic nitrogens is 1. The van der Waals surface area contributed by atoms with E-state index in [0.29, 0.717) is 29.2 Å². The summed E-state index contributed by atoms with van der Waals surface area (Å²) >= 11 is 1.51. The van der Waals surface area contributed by atoms with Gasteiger partial charge in [-0.1, -0.05) is 30.3 Å². The van der Waals surface area contributed by atoms with Crippen LogP contribution in [0.25, 0.3) is 22.5 Å². The minimum Gasteiger partial charge on any atom is -0.548 e. The third-order valence-electron chi connectivity index (χ3n) is 6.10. The van der Waals surface area contributed by atoms with E-state index in [-0.39, 0.29) is 13.0 Å². The lowest BCUT2D eigenvalue weighted by molar-refractivity contribution is -0.308. The maximum absolute atomic E-state index is 13.2. The number of carbonyl (C=O) groups is 2. The van der Waals surface area contributed by atoms with Gasteiger partial charge in [0.2, 0.25) is 0 Å². The monoisotopic (exact) mass is 529 g/mol. The van der Waals surface area contributed by atoms with E-state index >= 15 is 0 Å². The fourth-order valence-electron chi connectivity index (χ4n) is 4.09. The van der Waals surface area contributed by atoms with Crippen molar-refractivity contribution in [2.45, 2.75) is 32.6 Å². The Morgan fingerprint density at radius 1 is 1.03 bits per heavy atom. The van der Waals surface area contributed by atoms with Crippen LogP contribution in [0.5, 0.6) is 0 Å². The number of amides is 1. The molecule has 0 saturated carbocycles. The second-order valence-electron chi connectivity index (χ2n) is 8.82. The molecular formula is C30H29N2O5S-. The van der Waals surface area contributed by atoms with Gasteiger partial charge in [-0.25, -0.2) is 0 Å². The maximum atomic E-state index is 13.2. The molecule has 0 unspecified atom stereocenters. The summed E-state index contributed by atoms with van der Waals surface area (Å²) in [5, 5.41) is 14.2. The first kappa shape index (κ1) is 27.2. The van der Waals surface area contributed by atoms with Crippen LogP contribution in [-0.4, -0.2) is 34.9 Å².